The van der Waals surface area contributed by atoms with Crippen molar-refractivity contribution in [3.8, 4) is 0 Å². The van der Waals surface area contributed by atoms with Crippen LogP contribution in [0.4, 0.5) is 30.6 Å². The third-order valence-corrected chi connectivity index (χ3v) is 6.84. The van der Waals surface area contributed by atoms with Gasteiger partial charge in [0.15, 0.2) is 11.6 Å². The third kappa shape index (κ3) is 10.5. The number of nitrogens with one attached hydrogen (secondary N) is 3. The fraction of sp³-hybridized carbons (Fsp3) is 0.364. The number of aromatic nitrogens is 1. The Morgan fingerprint density at radius 3 is 2.36 bits per heavy atom. The highest BCUT2D eigenvalue weighted by Crippen LogP contribution is 2.23. The molecule has 2 aromatic carbocycles. The molecule has 2 amide bonds. The van der Waals surface area contributed by atoms with Crippen molar-refractivity contribution >= 4 is 29.1 Å². The first-order valence-corrected chi connectivity index (χ1v) is 14.8. The van der Waals surface area contributed by atoms with Gasteiger partial charge in [-0.1, -0.05) is 24.8 Å². The van der Waals surface area contributed by atoms with Crippen LogP contribution in [-0.2, 0) is 16.0 Å². The lowest BCUT2D eigenvalue weighted by Gasteiger charge is -2.30. The Hall–Kier alpha value is -4.55. The van der Waals surface area contributed by atoms with E-state index in [-0.39, 0.29) is 5.69 Å². The summed E-state index contributed by atoms with van der Waals surface area (Å²) in [6.45, 7) is 14.5. The molecule has 45 heavy (non-hydrogen) atoms. The van der Waals surface area contributed by atoms with Crippen molar-refractivity contribution in [1.82, 2.24) is 14.8 Å². The van der Waals surface area contributed by atoms with Crippen molar-refractivity contribution < 1.29 is 27.8 Å². The molecule has 1 aliphatic rings. The largest absolute Gasteiger partial charge is 0.444 e. The molecule has 0 atom stereocenters. The first kappa shape index (κ1) is 33.3. The van der Waals surface area contributed by atoms with Crippen LogP contribution in [0.5, 0.6) is 0 Å². The van der Waals surface area contributed by atoms with Gasteiger partial charge in [-0.05, 0) is 63.1 Å². The van der Waals surface area contributed by atoms with Crippen LogP contribution in [-0.4, -0.2) is 71.8 Å². The number of halogens is 2. The number of rotatable bonds is 12. The highest BCUT2D eigenvalue weighted by atomic mass is 19.2. The van der Waals surface area contributed by atoms with E-state index in [9.17, 15) is 18.4 Å². The average molecular weight is 623 g/mol. The van der Waals surface area contributed by atoms with E-state index in [1.165, 1.54) is 6.07 Å². The molecule has 10 nitrogen and oxygen atoms in total. The fourth-order valence-electron chi connectivity index (χ4n) is 4.61. The van der Waals surface area contributed by atoms with Gasteiger partial charge in [-0.3, -0.25) is 20.0 Å². The van der Waals surface area contributed by atoms with Crippen LogP contribution in [0.15, 0.2) is 73.2 Å². The Morgan fingerprint density at radius 2 is 1.71 bits per heavy atom. The minimum Gasteiger partial charge on any atom is -0.444 e. The van der Waals surface area contributed by atoms with Gasteiger partial charge in [0.25, 0.3) is 5.91 Å². The Bertz CT molecular complexity index is 1470. The van der Waals surface area contributed by atoms with Crippen LogP contribution in [0.25, 0.3) is 0 Å². The molecule has 12 heteroatoms. The number of ether oxygens (including phenoxy) is 2. The number of amides is 2. The van der Waals surface area contributed by atoms with Crippen LogP contribution >= 0.6 is 0 Å². The molecule has 0 aliphatic carbocycles. The predicted octanol–water partition coefficient (Wildman–Crippen LogP) is 6.07. The maximum absolute atomic E-state index is 13.8. The lowest BCUT2D eigenvalue weighted by atomic mass is 10.2. The van der Waals surface area contributed by atoms with Gasteiger partial charge < -0.3 is 25.0 Å². The molecular weight excluding hydrogens is 582 g/mol. The average Bonchev–Trinajstić information content (AvgIpc) is 2.99. The summed E-state index contributed by atoms with van der Waals surface area (Å²) in [4.78, 5) is 34.0. The zero-order valence-corrected chi connectivity index (χ0v) is 25.9. The van der Waals surface area contributed by atoms with Crippen LogP contribution in [0.2, 0.25) is 0 Å². The fourth-order valence-corrected chi connectivity index (χ4v) is 4.61. The summed E-state index contributed by atoms with van der Waals surface area (Å²) in [6.07, 6.45) is 1.81. The molecule has 1 fully saturated rings. The summed E-state index contributed by atoms with van der Waals surface area (Å²) in [6, 6.07) is 13.8. The second-order valence-electron chi connectivity index (χ2n) is 11.6. The van der Waals surface area contributed by atoms with Gasteiger partial charge in [-0.25, -0.2) is 13.6 Å². The van der Waals surface area contributed by atoms with Crippen molar-refractivity contribution in [3.05, 3.63) is 96.1 Å². The first-order chi connectivity index (χ1) is 21.5. The molecule has 0 radical (unpaired) electrons. The number of anilines is 3. The summed E-state index contributed by atoms with van der Waals surface area (Å²) in [5, 5.41) is 8.53. The standard InChI is InChI=1S/C33H40F2N6O4/c1-23(37-25-11-12-26(34)27(35)20-25)41(15-7-14-40-16-18-44-19-17-40)22-24-10-13-30(36-21-24)31(42)38-28-8-5-6-9-29(28)39-32(43)45-33(2,3)4/h5-6,8-13,20-21,37H,1,7,14-19,22H2,2-4H3,(H,38,42)(H,39,43). The first-order valence-electron chi connectivity index (χ1n) is 14.8. The maximum atomic E-state index is 13.8. The van der Waals surface area contributed by atoms with Crippen LogP contribution < -0.4 is 16.0 Å². The summed E-state index contributed by atoms with van der Waals surface area (Å²) in [5.41, 5.74) is 1.49. The summed E-state index contributed by atoms with van der Waals surface area (Å²) in [7, 11) is 0. The molecule has 4 rings (SSSR count). The number of para-hydroxylation sites is 2. The molecule has 1 saturated heterocycles. The van der Waals surface area contributed by atoms with Crippen molar-refractivity contribution in [2.75, 3.05) is 55.3 Å². The molecule has 0 unspecified atom stereocenters. The number of nitrogens with zero attached hydrogens (tertiary/aromatic N) is 3. The number of carbonyl (C=O) groups is 2. The van der Waals surface area contributed by atoms with Gasteiger partial charge in [-0.2, -0.15) is 0 Å². The quantitative estimate of drug-likeness (QED) is 0.224. The van der Waals surface area contributed by atoms with Crippen molar-refractivity contribution in [2.24, 2.45) is 0 Å². The molecule has 1 aliphatic heterocycles. The number of carbonyl (C=O) groups excluding carboxylic acids is 2. The smallest absolute Gasteiger partial charge is 0.412 e. The number of morpholine rings is 1. The van der Waals surface area contributed by atoms with E-state index in [0.717, 1.165) is 43.8 Å². The van der Waals surface area contributed by atoms with Gasteiger partial charge in [0.1, 0.15) is 11.3 Å². The Morgan fingerprint density at radius 1 is 1.00 bits per heavy atom. The van der Waals surface area contributed by atoms with E-state index in [2.05, 4.69) is 32.4 Å². The molecule has 3 aromatic rings. The van der Waals surface area contributed by atoms with E-state index >= 15 is 0 Å². The summed E-state index contributed by atoms with van der Waals surface area (Å²) >= 11 is 0. The minimum atomic E-state index is -0.951. The Labute approximate surface area is 262 Å². The van der Waals surface area contributed by atoms with Gasteiger partial charge in [0.2, 0.25) is 0 Å². The molecule has 0 saturated carbocycles. The van der Waals surface area contributed by atoms with Crippen molar-refractivity contribution in [2.45, 2.75) is 39.3 Å². The van der Waals surface area contributed by atoms with Crippen molar-refractivity contribution in [3.63, 3.8) is 0 Å². The predicted molar refractivity (Wildman–Crippen MR) is 170 cm³/mol. The van der Waals surface area contributed by atoms with E-state index in [4.69, 9.17) is 9.47 Å². The number of hydrogen-bond donors (Lipinski definition) is 3. The third-order valence-electron chi connectivity index (χ3n) is 6.84. The monoisotopic (exact) mass is 622 g/mol. The van der Waals surface area contributed by atoms with Crippen LogP contribution in [0.3, 0.4) is 0 Å². The number of hydrogen-bond acceptors (Lipinski definition) is 8. The van der Waals surface area contributed by atoms with Crippen LogP contribution in [0, 0.1) is 11.6 Å². The number of benzene rings is 2. The zero-order valence-electron chi connectivity index (χ0n) is 25.9. The lowest BCUT2D eigenvalue weighted by molar-refractivity contribution is 0.0364. The highest BCUT2D eigenvalue weighted by molar-refractivity contribution is 6.05. The minimum absolute atomic E-state index is 0.184. The molecule has 2 heterocycles. The van der Waals surface area contributed by atoms with Gasteiger partial charge in [0, 0.05) is 50.7 Å². The molecule has 0 spiro atoms. The van der Waals surface area contributed by atoms with E-state index in [0.29, 0.717) is 49.2 Å². The van der Waals surface area contributed by atoms with Crippen LogP contribution in [0.1, 0.15) is 43.2 Å². The summed E-state index contributed by atoms with van der Waals surface area (Å²) in [5.74, 6) is -1.81. The van der Waals surface area contributed by atoms with Gasteiger partial charge >= 0.3 is 6.09 Å². The molecule has 240 valence electrons. The van der Waals surface area contributed by atoms with Gasteiger partial charge in [0.05, 0.1) is 30.4 Å². The molecule has 3 N–H and O–H groups in total. The summed E-state index contributed by atoms with van der Waals surface area (Å²) < 4.78 is 38.0. The molecule has 1 aromatic heterocycles. The second-order valence-corrected chi connectivity index (χ2v) is 11.6. The lowest BCUT2D eigenvalue weighted by Crippen LogP contribution is -2.38. The van der Waals surface area contributed by atoms with Gasteiger partial charge in [-0.15, -0.1) is 0 Å². The normalized spacial score (nSPS) is 13.5. The van der Waals surface area contributed by atoms with E-state index < -0.39 is 29.2 Å². The zero-order chi connectivity index (χ0) is 32.4. The van der Waals surface area contributed by atoms with Crippen molar-refractivity contribution in [1.29, 1.82) is 0 Å². The second kappa shape index (κ2) is 15.4. The Kier molecular flexibility index (Phi) is 11.4. The Balaban J connectivity index is 1.41. The number of pyridine rings is 1. The maximum Gasteiger partial charge on any atom is 0.412 e. The molecule has 0 bridgehead atoms. The molecular formula is C33H40F2N6O4. The van der Waals surface area contributed by atoms with E-state index in [1.807, 2.05) is 4.90 Å². The SMILES string of the molecule is C=C(Nc1ccc(F)c(F)c1)N(CCCN1CCOCC1)Cc1ccc(C(=O)Nc2ccccc2NC(=O)OC(C)(C)C)nc1. The van der Waals surface area contributed by atoms with E-state index in [1.54, 1.807) is 63.4 Å². The highest BCUT2D eigenvalue weighted by Gasteiger charge is 2.19. The topological polar surface area (TPSA) is 108 Å².